The van der Waals surface area contributed by atoms with Crippen LogP contribution in [0.4, 0.5) is 0 Å². The zero-order chi connectivity index (χ0) is 13.7. The van der Waals surface area contributed by atoms with Gasteiger partial charge in [0.25, 0.3) is 0 Å². The van der Waals surface area contributed by atoms with E-state index in [2.05, 4.69) is 56.3 Å². The Bertz CT molecular complexity index is 811. The Balaban J connectivity index is 2.18. The minimum Gasteiger partial charge on any atom is -0.0616 e. The van der Waals surface area contributed by atoms with Gasteiger partial charge in [0.2, 0.25) is 0 Å². The fraction of sp³-hybridized carbons (Fsp3) is 0.300. The van der Waals surface area contributed by atoms with Gasteiger partial charge in [-0.3, -0.25) is 0 Å². The van der Waals surface area contributed by atoms with Gasteiger partial charge in [0.15, 0.2) is 0 Å². The predicted octanol–water partition coefficient (Wildman–Crippen LogP) is 5.74. The molecule has 0 spiro atoms. The molecule has 0 fully saturated rings. The van der Waals surface area contributed by atoms with Gasteiger partial charge in [0, 0.05) is 0 Å². The molecular formula is C20H20. The highest BCUT2D eigenvalue weighted by molar-refractivity contribution is 6.10. The van der Waals surface area contributed by atoms with E-state index in [0.29, 0.717) is 5.92 Å². The average Bonchev–Trinajstić information content (AvgIpc) is 2.47. The van der Waals surface area contributed by atoms with E-state index < -0.39 is 0 Å². The summed E-state index contributed by atoms with van der Waals surface area (Å²) in [4.78, 5) is 0. The summed E-state index contributed by atoms with van der Waals surface area (Å²) in [6.07, 6.45) is 3.92. The van der Waals surface area contributed by atoms with Crippen LogP contribution in [-0.4, -0.2) is 0 Å². The van der Waals surface area contributed by atoms with Crippen molar-refractivity contribution >= 4 is 21.5 Å². The molecule has 1 atom stereocenters. The molecule has 100 valence electrons. The molecular weight excluding hydrogens is 240 g/mol. The van der Waals surface area contributed by atoms with Crippen LogP contribution >= 0.6 is 0 Å². The summed E-state index contributed by atoms with van der Waals surface area (Å²) in [5, 5.41) is 5.72. The Morgan fingerprint density at radius 3 is 2.75 bits per heavy atom. The first-order valence-electron chi connectivity index (χ1n) is 7.69. The summed E-state index contributed by atoms with van der Waals surface area (Å²) in [7, 11) is 0. The van der Waals surface area contributed by atoms with Crippen LogP contribution in [-0.2, 0) is 6.42 Å². The van der Waals surface area contributed by atoms with Gasteiger partial charge in [-0.15, -0.1) is 0 Å². The first kappa shape index (κ1) is 12.0. The van der Waals surface area contributed by atoms with Crippen LogP contribution in [0.25, 0.3) is 21.5 Å². The van der Waals surface area contributed by atoms with E-state index in [-0.39, 0.29) is 0 Å². The van der Waals surface area contributed by atoms with Crippen LogP contribution in [0.15, 0.2) is 42.5 Å². The molecule has 1 unspecified atom stereocenters. The third-order valence-electron chi connectivity index (χ3n) is 4.96. The zero-order valence-corrected chi connectivity index (χ0v) is 12.2. The lowest BCUT2D eigenvalue weighted by Gasteiger charge is -2.25. The molecule has 0 aliphatic heterocycles. The quantitative estimate of drug-likeness (QED) is 0.452. The number of rotatable bonds is 0. The Morgan fingerprint density at radius 2 is 1.85 bits per heavy atom. The molecule has 0 N–H and O–H groups in total. The lowest BCUT2D eigenvalue weighted by Crippen LogP contribution is -2.08. The smallest absolute Gasteiger partial charge is 0.00998 e. The van der Waals surface area contributed by atoms with Crippen LogP contribution in [0.5, 0.6) is 0 Å². The molecule has 0 heteroatoms. The Hall–Kier alpha value is -1.82. The minimum atomic E-state index is 0.717. The van der Waals surface area contributed by atoms with Crippen LogP contribution < -0.4 is 0 Å². The van der Waals surface area contributed by atoms with Crippen molar-refractivity contribution in [1.29, 1.82) is 0 Å². The molecule has 0 aromatic heterocycles. The Morgan fingerprint density at radius 1 is 1.00 bits per heavy atom. The monoisotopic (exact) mass is 260 g/mol. The van der Waals surface area contributed by atoms with Gasteiger partial charge < -0.3 is 0 Å². The minimum absolute atomic E-state index is 0.717. The maximum atomic E-state index is 2.38. The van der Waals surface area contributed by atoms with Crippen LogP contribution in [0, 0.1) is 6.92 Å². The predicted molar refractivity (Wildman–Crippen MR) is 87.5 cm³/mol. The van der Waals surface area contributed by atoms with Crippen molar-refractivity contribution in [2.45, 2.75) is 39.0 Å². The molecule has 0 nitrogen and oxygen atoms in total. The normalized spacial score (nSPS) is 18.4. The first-order chi connectivity index (χ1) is 9.75. The van der Waals surface area contributed by atoms with E-state index in [0.717, 1.165) is 0 Å². The van der Waals surface area contributed by atoms with Crippen molar-refractivity contribution in [3.05, 3.63) is 59.2 Å². The zero-order valence-electron chi connectivity index (χ0n) is 12.2. The summed E-state index contributed by atoms with van der Waals surface area (Å²) >= 11 is 0. The lowest BCUT2D eigenvalue weighted by atomic mass is 9.80. The van der Waals surface area contributed by atoms with E-state index >= 15 is 0 Å². The van der Waals surface area contributed by atoms with Crippen molar-refractivity contribution < 1.29 is 0 Å². The maximum absolute atomic E-state index is 2.38. The summed E-state index contributed by atoms with van der Waals surface area (Å²) < 4.78 is 0. The molecule has 20 heavy (non-hydrogen) atoms. The van der Waals surface area contributed by atoms with Crippen molar-refractivity contribution in [2.75, 3.05) is 0 Å². The van der Waals surface area contributed by atoms with Crippen molar-refractivity contribution in [1.82, 2.24) is 0 Å². The molecule has 0 radical (unpaired) electrons. The van der Waals surface area contributed by atoms with Gasteiger partial charge in [-0.25, -0.2) is 0 Å². The number of aryl methyl sites for hydroxylation is 2. The molecule has 3 aromatic rings. The molecule has 0 bridgehead atoms. The Kier molecular flexibility index (Phi) is 2.60. The maximum Gasteiger partial charge on any atom is -0.00998 e. The van der Waals surface area contributed by atoms with Gasteiger partial charge in [-0.2, -0.15) is 0 Å². The Labute approximate surface area is 120 Å². The fourth-order valence-corrected chi connectivity index (χ4v) is 3.98. The second-order valence-corrected chi connectivity index (χ2v) is 6.26. The summed E-state index contributed by atoms with van der Waals surface area (Å²) in [5.74, 6) is 0.717. The summed E-state index contributed by atoms with van der Waals surface area (Å²) in [5.41, 5.74) is 4.64. The summed E-state index contributed by atoms with van der Waals surface area (Å²) in [6, 6.07) is 15.9. The van der Waals surface area contributed by atoms with Crippen molar-refractivity contribution in [3.8, 4) is 0 Å². The fourth-order valence-electron chi connectivity index (χ4n) is 3.98. The topological polar surface area (TPSA) is 0 Å². The number of hydrogen-bond donors (Lipinski definition) is 0. The highest BCUT2D eigenvalue weighted by Gasteiger charge is 2.19. The molecule has 1 aliphatic carbocycles. The van der Waals surface area contributed by atoms with Gasteiger partial charge in [-0.05, 0) is 70.3 Å². The molecule has 0 amide bonds. The first-order valence-corrected chi connectivity index (χ1v) is 7.69. The van der Waals surface area contributed by atoms with E-state index in [1.807, 2.05) is 0 Å². The van der Waals surface area contributed by atoms with Gasteiger partial charge in [0.05, 0.1) is 0 Å². The van der Waals surface area contributed by atoms with Gasteiger partial charge in [-0.1, -0.05) is 49.4 Å². The number of hydrogen-bond acceptors (Lipinski definition) is 0. The highest BCUT2D eigenvalue weighted by Crippen LogP contribution is 2.39. The SMILES string of the molecule is Cc1cc2ccccc2c2ccc3c(c12)CCCC3C. The van der Waals surface area contributed by atoms with Crippen LogP contribution in [0.2, 0.25) is 0 Å². The lowest BCUT2D eigenvalue weighted by molar-refractivity contribution is 0.593. The highest BCUT2D eigenvalue weighted by atomic mass is 14.2. The van der Waals surface area contributed by atoms with Crippen LogP contribution in [0.3, 0.4) is 0 Å². The van der Waals surface area contributed by atoms with Gasteiger partial charge in [0.1, 0.15) is 0 Å². The third kappa shape index (κ3) is 1.61. The molecule has 0 heterocycles. The van der Waals surface area contributed by atoms with Crippen molar-refractivity contribution in [3.63, 3.8) is 0 Å². The van der Waals surface area contributed by atoms with Crippen molar-refractivity contribution in [2.24, 2.45) is 0 Å². The van der Waals surface area contributed by atoms with Gasteiger partial charge >= 0.3 is 0 Å². The second-order valence-electron chi connectivity index (χ2n) is 6.26. The van der Waals surface area contributed by atoms with Crippen LogP contribution in [0.1, 0.15) is 42.4 Å². The number of fused-ring (bicyclic) bond motifs is 5. The summed E-state index contributed by atoms with van der Waals surface area (Å²) in [6.45, 7) is 4.65. The largest absolute Gasteiger partial charge is 0.0616 e. The molecule has 4 rings (SSSR count). The molecule has 3 aromatic carbocycles. The third-order valence-corrected chi connectivity index (χ3v) is 4.96. The molecule has 1 aliphatic rings. The average molecular weight is 260 g/mol. The van der Waals surface area contributed by atoms with E-state index in [4.69, 9.17) is 0 Å². The molecule has 0 saturated heterocycles. The molecule has 0 saturated carbocycles. The standard InChI is InChI=1S/C20H20/c1-13-6-5-9-18-16(13)10-11-19-17-8-4-3-7-15(17)12-14(2)20(18)19/h3-4,7-8,10-13H,5-6,9H2,1-2H3. The second kappa shape index (κ2) is 4.34. The van der Waals surface area contributed by atoms with E-state index in [1.165, 1.54) is 46.4 Å². The van der Waals surface area contributed by atoms with E-state index in [1.54, 1.807) is 11.1 Å². The van der Waals surface area contributed by atoms with E-state index in [9.17, 15) is 0 Å². The number of benzene rings is 3.